The van der Waals surface area contributed by atoms with E-state index >= 15 is 0 Å². The second-order valence-electron chi connectivity index (χ2n) is 8.72. The minimum absolute atomic E-state index is 0.0865. The van der Waals surface area contributed by atoms with Gasteiger partial charge in [0.1, 0.15) is 23.7 Å². The standard InChI is InChI=1S/C26H32N2O6/c1-4-28(19-8-6-5-7-9-19)26(33)21-14-20(10-11-22(21)29)34-25-16(2)12-18(13-17(25)3)27-23(30)15-24(31)32/h10-14,19,29H,4-9,15H2,1-3H3,(H,27,30)(H,31,32). The molecule has 8 heteroatoms. The Labute approximate surface area is 199 Å². The monoisotopic (exact) mass is 468 g/mol. The van der Waals surface area contributed by atoms with Gasteiger partial charge in [0, 0.05) is 18.3 Å². The first kappa shape index (κ1) is 25.1. The zero-order valence-electron chi connectivity index (χ0n) is 19.9. The van der Waals surface area contributed by atoms with Gasteiger partial charge in [-0.25, -0.2) is 0 Å². The normalized spacial score (nSPS) is 13.9. The average molecular weight is 469 g/mol. The number of amides is 2. The van der Waals surface area contributed by atoms with Gasteiger partial charge in [0.15, 0.2) is 0 Å². The van der Waals surface area contributed by atoms with Gasteiger partial charge in [-0.15, -0.1) is 0 Å². The van der Waals surface area contributed by atoms with Crippen LogP contribution in [-0.4, -0.2) is 45.5 Å². The third-order valence-electron chi connectivity index (χ3n) is 6.09. The van der Waals surface area contributed by atoms with Gasteiger partial charge < -0.3 is 25.2 Å². The highest BCUT2D eigenvalue weighted by atomic mass is 16.5. The number of nitrogens with zero attached hydrogens (tertiary/aromatic N) is 1. The van der Waals surface area contributed by atoms with Gasteiger partial charge in [0.2, 0.25) is 5.91 Å². The van der Waals surface area contributed by atoms with Crippen LogP contribution in [0.25, 0.3) is 0 Å². The minimum atomic E-state index is -1.20. The zero-order chi connectivity index (χ0) is 24.8. The second-order valence-corrected chi connectivity index (χ2v) is 8.72. The van der Waals surface area contributed by atoms with Gasteiger partial charge in [0.05, 0.1) is 5.56 Å². The summed E-state index contributed by atoms with van der Waals surface area (Å²) >= 11 is 0. The van der Waals surface area contributed by atoms with Crippen LogP contribution in [0.1, 0.15) is 66.9 Å². The number of anilines is 1. The number of nitrogens with one attached hydrogen (secondary N) is 1. The van der Waals surface area contributed by atoms with E-state index in [-0.39, 0.29) is 23.3 Å². The molecule has 0 atom stereocenters. The number of benzene rings is 2. The third kappa shape index (κ3) is 6.07. The van der Waals surface area contributed by atoms with Gasteiger partial charge >= 0.3 is 5.97 Å². The summed E-state index contributed by atoms with van der Waals surface area (Å²) in [6.07, 6.45) is 4.74. The van der Waals surface area contributed by atoms with Crippen molar-refractivity contribution < 1.29 is 29.3 Å². The van der Waals surface area contributed by atoms with Crippen LogP contribution in [0.15, 0.2) is 30.3 Å². The lowest BCUT2D eigenvalue weighted by atomic mass is 9.93. The number of carbonyl (C=O) groups excluding carboxylic acids is 2. The molecule has 0 unspecified atom stereocenters. The Morgan fingerprint density at radius 3 is 2.29 bits per heavy atom. The molecule has 1 aliphatic carbocycles. The Morgan fingerprint density at radius 1 is 1.06 bits per heavy atom. The topological polar surface area (TPSA) is 116 Å². The Hall–Kier alpha value is -3.55. The summed E-state index contributed by atoms with van der Waals surface area (Å²) in [4.78, 5) is 37.6. The van der Waals surface area contributed by atoms with Crippen LogP contribution in [0.4, 0.5) is 5.69 Å². The highest BCUT2D eigenvalue weighted by molar-refractivity contribution is 6.01. The molecule has 0 saturated heterocycles. The summed E-state index contributed by atoms with van der Waals surface area (Å²) in [5.74, 6) is -1.14. The number of carbonyl (C=O) groups is 3. The molecule has 0 aliphatic heterocycles. The fourth-order valence-corrected chi connectivity index (χ4v) is 4.51. The van der Waals surface area contributed by atoms with Gasteiger partial charge in [-0.2, -0.15) is 0 Å². The molecule has 0 radical (unpaired) electrons. The first-order valence-corrected chi connectivity index (χ1v) is 11.6. The molecule has 0 aromatic heterocycles. The van der Waals surface area contributed by atoms with Crippen molar-refractivity contribution >= 4 is 23.5 Å². The van der Waals surface area contributed by atoms with E-state index in [1.54, 1.807) is 24.3 Å². The summed E-state index contributed by atoms with van der Waals surface area (Å²) in [7, 11) is 0. The largest absolute Gasteiger partial charge is 0.507 e. The summed E-state index contributed by atoms with van der Waals surface area (Å²) in [6.45, 7) is 6.14. The summed E-state index contributed by atoms with van der Waals surface area (Å²) in [5.41, 5.74) is 2.13. The molecule has 2 aromatic carbocycles. The first-order valence-electron chi connectivity index (χ1n) is 11.6. The van der Waals surface area contributed by atoms with E-state index in [0.717, 1.165) is 36.8 Å². The molecule has 2 aromatic rings. The van der Waals surface area contributed by atoms with E-state index in [9.17, 15) is 19.5 Å². The number of hydrogen-bond acceptors (Lipinski definition) is 5. The van der Waals surface area contributed by atoms with Crippen molar-refractivity contribution in [3.8, 4) is 17.2 Å². The number of phenolic OH excluding ortho intramolecular Hbond substituents is 1. The molecule has 1 aliphatic rings. The van der Waals surface area contributed by atoms with Crippen molar-refractivity contribution in [2.24, 2.45) is 0 Å². The summed E-state index contributed by atoms with van der Waals surface area (Å²) in [5, 5.41) is 21.7. The lowest BCUT2D eigenvalue weighted by Gasteiger charge is -2.33. The van der Waals surface area contributed by atoms with Crippen LogP contribution >= 0.6 is 0 Å². The molecule has 3 rings (SSSR count). The first-order chi connectivity index (χ1) is 16.2. The molecule has 0 heterocycles. The van der Waals surface area contributed by atoms with Crippen molar-refractivity contribution in [2.75, 3.05) is 11.9 Å². The maximum atomic E-state index is 13.3. The van der Waals surface area contributed by atoms with Gasteiger partial charge in [-0.1, -0.05) is 19.3 Å². The van der Waals surface area contributed by atoms with E-state index < -0.39 is 18.3 Å². The molecule has 1 saturated carbocycles. The number of rotatable bonds is 8. The van der Waals surface area contributed by atoms with Crippen LogP contribution in [0.3, 0.4) is 0 Å². The van der Waals surface area contributed by atoms with Crippen molar-refractivity contribution in [2.45, 2.75) is 65.3 Å². The number of aromatic hydroxyl groups is 1. The van der Waals surface area contributed by atoms with Gasteiger partial charge in [0.25, 0.3) is 5.91 Å². The zero-order valence-corrected chi connectivity index (χ0v) is 19.9. The predicted molar refractivity (Wildman–Crippen MR) is 129 cm³/mol. The van der Waals surface area contributed by atoms with E-state index in [1.165, 1.54) is 12.5 Å². The Morgan fingerprint density at radius 2 is 1.71 bits per heavy atom. The lowest BCUT2D eigenvalue weighted by Crippen LogP contribution is -2.41. The second kappa shape index (κ2) is 11.0. The highest BCUT2D eigenvalue weighted by Crippen LogP contribution is 2.34. The molecule has 2 amide bonds. The fourth-order valence-electron chi connectivity index (χ4n) is 4.51. The molecule has 182 valence electrons. The van der Waals surface area contributed by atoms with Gasteiger partial charge in [-0.05, 0) is 75.1 Å². The predicted octanol–water partition coefficient (Wildman–Crippen LogP) is 5.01. The number of aliphatic carboxylic acids is 1. The summed E-state index contributed by atoms with van der Waals surface area (Å²) in [6, 6.07) is 8.19. The summed E-state index contributed by atoms with van der Waals surface area (Å²) < 4.78 is 6.08. The van der Waals surface area contributed by atoms with Gasteiger partial charge in [-0.3, -0.25) is 14.4 Å². The number of hydrogen-bond donors (Lipinski definition) is 3. The number of phenols is 1. The van der Waals surface area contributed by atoms with Crippen LogP contribution < -0.4 is 10.1 Å². The Bertz CT molecular complexity index is 1050. The number of carboxylic acids is 1. The van der Waals surface area contributed by atoms with Crippen molar-refractivity contribution in [1.82, 2.24) is 4.90 Å². The van der Waals surface area contributed by atoms with Crippen molar-refractivity contribution in [3.63, 3.8) is 0 Å². The van der Waals surface area contributed by atoms with Crippen LogP contribution in [-0.2, 0) is 9.59 Å². The molecule has 3 N–H and O–H groups in total. The molecular weight excluding hydrogens is 436 g/mol. The Kier molecular flexibility index (Phi) is 8.15. The van der Waals surface area contributed by atoms with Crippen LogP contribution in [0.2, 0.25) is 0 Å². The minimum Gasteiger partial charge on any atom is -0.507 e. The maximum absolute atomic E-state index is 13.3. The molecule has 0 bridgehead atoms. The van der Waals surface area contributed by atoms with Crippen molar-refractivity contribution in [1.29, 1.82) is 0 Å². The highest BCUT2D eigenvalue weighted by Gasteiger charge is 2.27. The smallest absolute Gasteiger partial charge is 0.312 e. The SMILES string of the molecule is CCN(C(=O)c1cc(Oc2c(C)cc(NC(=O)CC(=O)O)cc2C)ccc1O)C1CCCCC1. The number of carboxylic acid groups (broad SMARTS) is 1. The fraction of sp³-hybridized carbons (Fsp3) is 0.423. The molecular formula is C26H32N2O6. The van der Waals surface area contributed by atoms with Crippen LogP contribution in [0, 0.1) is 13.8 Å². The molecule has 8 nitrogen and oxygen atoms in total. The van der Waals surface area contributed by atoms with E-state index in [4.69, 9.17) is 9.84 Å². The number of ether oxygens (including phenoxy) is 1. The van der Waals surface area contributed by atoms with E-state index in [1.807, 2.05) is 25.7 Å². The van der Waals surface area contributed by atoms with E-state index in [0.29, 0.717) is 23.7 Å². The quantitative estimate of drug-likeness (QED) is 0.469. The van der Waals surface area contributed by atoms with Crippen LogP contribution in [0.5, 0.6) is 17.2 Å². The average Bonchev–Trinajstić information content (AvgIpc) is 2.78. The Balaban J connectivity index is 1.81. The third-order valence-corrected chi connectivity index (χ3v) is 6.09. The molecule has 1 fully saturated rings. The lowest BCUT2D eigenvalue weighted by molar-refractivity contribution is -0.139. The van der Waals surface area contributed by atoms with E-state index in [2.05, 4.69) is 5.32 Å². The molecule has 0 spiro atoms. The molecule has 34 heavy (non-hydrogen) atoms. The van der Waals surface area contributed by atoms with Crippen molar-refractivity contribution in [3.05, 3.63) is 47.0 Å². The number of aryl methyl sites for hydroxylation is 2. The maximum Gasteiger partial charge on any atom is 0.312 e.